The summed E-state index contributed by atoms with van der Waals surface area (Å²) in [6.45, 7) is 1.92. The second kappa shape index (κ2) is 8.18. The smallest absolute Gasteiger partial charge is 0.331 e. The lowest BCUT2D eigenvalue weighted by Crippen LogP contribution is -2.53. The number of halogens is 1. The van der Waals surface area contributed by atoms with E-state index in [4.69, 9.17) is 4.74 Å². The molecule has 2 aliphatic rings. The van der Waals surface area contributed by atoms with E-state index in [1.54, 1.807) is 24.3 Å². The van der Waals surface area contributed by atoms with Crippen LogP contribution in [0.25, 0.3) is 0 Å². The van der Waals surface area contributed by atoms with Crippen LogP contribution in [0.1, 0.15) is 22.7 Å². The molecule has 0 aliphatic carbocycles. The molecule has 0 bridgehead atoms. The highest BCUT2D eigenvalue weighted by Crippen LogP contribution is 2.54. The summed E-state index contributed by atoms with van der Waals surface area (Å²) in [5.74, 6) is -4.01. The Morgan fingerprint density at radius 1 is 0.941 bits per heavy atom. The van der Waals surface area contributed by atoms with Crippen molar-refractivity contribution in [1.29, 1.82) is 0 Å². The van der Waals surface area contributed by atoms with Gasteiger partial charge in [0.2, 0.25) is 11.8 Å². The van der Waals surface area contributed by atoms with Crippen LogP contribution in [0.2, 0.25) is 0 Å². The van der Waals surface area contributed by atoms with Gasteiger partial charge in [0.1, 0.15) is 5.82 Å². The molecule has 0 spiro atoms. The first kappa shape index (κ1) is 22.0. The van der Waals surface area contributed by atoms with Crippen molar-refractivity contribution < 1.29 is 23.5 Å². The van der Waals surface area contributed by atoms with Gasteiger partial charge in [-0.2, -0.15) is 0 Å². The molecule has 7 heteroatoms. The third-order valence-electron chi connectivity index (χ3n) is 6.90. The highest BCUT2D eigenvalue weighted by Gasteiger charge is 2.69. The molecule has 5 rings (SSSR count). The Balaban J connectivity index is 1.74. The van der Waals surface area contributed by atoms with Crippen LogP contribution in [0.5, 0.6) is 0 Å². The Labute approximate surface area is 196 Å². The molecule has 1 N–H and O–H groups in total. The van der Waals surface area contributed by atoms with Gasteiger partial charge >= 0.3 is 5.97 Å². The molecule has 3 aromatic carbocycles. The zero-order valence-corrected chi connectivity index (χ0v) is 18.7. The van der Waals surface area contributed by atoms with E-state index in [1.807, 2.05) is 37.3 Å². The summed E-state index contributed by atoms with van der Waals surface area (Å²) in [6, 6.07) is 21.0. The number of carbonyl (C=O) groups excluding carboxylic acids is 3. The minimum Gasteiger partial charge on any atom is -0.467 e. The predicted molar refractivity (Wildman–Crippen MR) is 123 cm³/mol. The van der Waals surface area contributed by atoms with Crippen molar-refractivity contribution in [3.05, 3.63) is 101 Å². The molecular formula is C27H23FN2O4. The minimum absolute atomic E-state index is 0.265. The molecule has 0 unspecified atom stereocenters. The lowest BCUT2D eigenvalue weighted by molar-refractivity contribution is -0.152. The monoisotopic (exact) mass is 458 g/mol. The Morgan fingerprint density at radius 3 is 2.24 bits per heavy atom. The maximum Gasteiger partial charge on any atom is 0.331 e. The number of carbonyl (C=O) groups is 3. The van der Waals surface area contributed by atoms with Crippen LogP contribution in [0, 0.1) is 24.6 Å². The molecule has 0 aromatic heterocycles. The lowest BCUT2D eigenvalue weighted by atomic mass is 9.75. The molecule has 3 aromatic rings. The van der Waals surface area contributed by atoms with Crippen molar-refractivity contribution >= 4 is 23.5 Å². The molecule has 4 atom stereocenters. The maximum atomic E-state index is 13.9. The second-order valence-electron chi connectivity index (χ2n) is 8.64. The first-order chi connectivity index (χ1) is 16.4. The van der Waals surface area contributed by atoms with Crippen LogP contribution in [-0.2, 0) is 24.7 Å². The lowest BCUT2D eigenvalue weighted by Gasteiger charge is -2.33. The molecule has 0 saturated carbocycles. The van der Waals surface area contributed by atoms with Gasteiger partial charge in [-0.25, -0.2) is 14.1 Å². The van der Waals surface area contributed by atoms with Crippen LogP contribution < -0.4 is 10.2 Å². The van der Waals surface area contributed by atoms with Crippen molar-refractivity contribution in [3.63, 3.8) is 0 Å². The third kappa shape index (κ3) is 3.08. The van der Waals surface area contributed by atoms with Gasteiger partial charge in [0.05, 0.1) is 24.6 Å². The van der Waals surface area contributed by atoms with Crippen LogP contribution in [0.3, 0.4) is 0 Å². The molecule has 2 aliphatic heterocycles. The van der Waals surface area contributed by atoms with Gasteiger partial charge in [0, 0.05) is 6.04 Å². The van der Waals surface area contributed by atoms with Crippen molar-refractivity contribution in [2.75, 3.05) is 12.0 Å². The van der Waals surface area contributed by atoms with E-state index in [-0.39, 0.29) is 5.69 Å². The average molecular weight is 458 g/mol. The quantitative estimate of drug-likeness (QED) is 0.477. The van der Waals surface area contributed by atoms with Crippen molar-refractivity contribution in [2.24, 2.45) is 11.8 Å². The topological polar surface area (TPSA) is 75.7 Å². The van der Waals surface area contributed by atoms with E-state index in [2.05, 4.69) is 5.32 Å². The van der Waals surface area contributed by atoms with Crippen LogP contribution >= 0.6 is 0 Å². The van der Waals surface area contributed by atoms with E-state index >= 15 is 0 Å². The molecule has 2 amide bonds. The summed E-state index contributed by atoms with van der Waals surface area (Å²) >= 11 is 0. The Hall–Kier alpha value is -3.84. The zero-order valence-electron chi connectivity index (χ0n) is 18.7. The van der Waals surface area contributed by atoms with E-state index in [1.165, 1.54) is 31.4 Å². The molecule has 172 valence electrons. The normalized spacial score (nSPS) is 26.0. The largest absolute Gasteiger partial charge is 0.467 e. The number of rotatable bonds is 4. The highest BCUT2D eigenvalue weighted by atomic mass is 19.1. The second-order valence-corrected chi connectivity index (χ2v) is 8.64. The first-order valence-corrected chi connectivity index (χ1v) is 11.0. The number of benzene rings is 3. The number of imide groups is 1. The van der Waals surface area contributed by atoms with E-state index < -0.39 is 47.0 Å². The predicted octanol–water partition coefficient (Wildman–Crippen LogP) is 3.65. The van der Waals surface area contributed by atoms with Gasteiger partial charge in [-0.3, -0.25) is 14.9 Å². The summed E-state index contributed by atoms with van der Waals surface area (Å²) in [6.07, 6.45) is 0. The molecule has 34 heavy (non-hydrogen) atoms. The summed E-state index contributed by atoms with van der Waals surface area (Å²) < 4.78 is 18.8. The van der Waals surface area contributed by atoms with Crippen LogP contribution in [0.4, 0.5) is 10.1 Å². The molecule has 6 nitrogen and oxygen atoms in total. The van der Waals surface area contributed by atoms with Crippen LogP contribution in [0.15, 0.2) is 78.9 Å². The van der Waals surface area contributed by atoms with Gasteiger partial charge in [-0.05, 0) is 47.9 Å². The Morgan fingerprint density at radius 2 is 1.59 bits per heavy atom. The number of nitrogens with zero attached hydrogens (tertiary/aromatic N) is 1. The zero-order chi connectivity index (χ0) is 24.0. The van der Waals surface area contributed by atoms with Crippen molar-refractivity contribution in [2.45, 2.75) is 18.5 Å². The van der Waals surface area contributed by atoms with Gasteiger partial charge in [0.15, 0.2) is 5.54 Å². The number of fused-ring (bicyclic) bond motifs is 1. The average Bonchev–Trinajstić information content (AvgIpc) is 3.34. The van der Waals surface area contributed by atoms with E-state index in [0.717, 1.165) is 16.0 Å². The molecule has 2 heterocycles. The van der Waals surface area contributed by atoms with E-state index in [0.29, 0.717) is 5.56 Å². The van der Waals surface area contributed by atoms with E-state index in [9.17, 15) is 18.8 Å². The first-order valence-electron chi connectivity index (χ1n) is 11.0. The van der Waals surface area contributed by atoms with Gasteiger partial charge in [-0.1, -0.05) is 54.6 Å². The number of ether oxygens (including phenoxy) is 1. The number of aryl methyl sites for hydroxylation is 1. The maximum absolute atomic E-state index is 13.9. The summed E-state index contributed by atoms with van der Waals surface area (Å²) in [4.78, 5) is 42.3. The highest BCUT2D eigenvalue weighted by molar-refractivity contribution is 6.24. The SMILES string of the molecule is COC(=O)[C@]1(c2ccccc2)N[C@H](c2ccccc2C)[C@H]2C(=O)N(c3ccc(F)cc3)C(=O)[C@H]21. The minimum atomic E-state index is -1.57. The van der Waals surface area contributed by atoms with Gasteiger partial charge < -0.3 is 4.74 Å². The molecule has 2 fully saturated rings. The standard InChI is InChI=1S/C27H23FN2O4/c1-16-8-6-7-11-20(16)23-21-22(25(32)30(24(21)31)19-14-12-18(28)13-15-19)27(29-23,26(33)34-2)17-9-4-3-5-10-17/h3-15,21-23,29H,1-2H3/t21-,22-,23+,27+/m0/s1. The Bertz CT molecular complexity index is 1280. The summed E-state index contributed by atoms with van der Waals surface area (Å²) in [5.41, 5.74) is 0.972. The summed E-state index contributed by atoms with van der Waals surface area (Å²) in [5, 5.41) is 3.37. The number of anilines is 1. The number of nitrogens with one attached hydrogen (secondary N) is 1. The number of amides is 2. The fourth-order valence-corrected chi connectivity index (χ4v) is 5.39. The van der Waals surface area contributed by atoms with Crippen molar-refractivity contribution in [1.82, 2.24) is 5.32 Å². The van der Waals surface area contributed by atoms with Crippen LogP contribution in [-0.4, -0.2) is 24.9 Å². The fraction of sp³-hybridized carbons (Fsp3) is 0.222. The third-order valence-corrected chi connectivity index (χ3v) is 6.90. The number of esters is 1. The van der Waals surface area contributed by atoms with Gasteiger partial charge in [-0.15, -0.1) is 0 Å². The molecule has 0 radical (unpaired) electrons. The molecular weight excluding hydrogens is 435 g/mol. The number of hydrogen-bond acceptors (Lipinski definition) is 5. The fourth-order valence-electron chi connectivity index (χ4n) is 5.39. The number of hydrogen-bond donors (Lipinski definition) is 1. The number of methoxy groups -OCH3 is 1. The Kier molecular flexibility index (Phi) is 5.29. The van der Waals surface area contributed by atoms with Gasteiger partial charge in [0.25, 0.3) is 0 Å². The summed E-state index contributed by atoms with van der Waals surface area (Å²) in [7, 11) is 1.27. The molecule has 2 saturated heterocycles. The van der Waals surface area contributed by atoms with Crippen molar-refractivity contribution in [3.8, 4) is 0 Å².